The van der Waals surface area contributed by atoms with E-state index in [4.69, 9.17) is 0 Å². The molecule has 0 atom stereocenters. The van der Waals surface area contributed by atoms with Crippen LogP contribution in [0.5, 0.6) is 0 Å². The van der Waals surface area contributed by atoms with Gasteiger partial charge in [0.1, 0.15) is 18.0 Å². The first-order chi connectivity index (χ1) is 15.1. The maximum absolute atomic E-state index is 13.0. The number of carbonyl (C=O) groups excluding carboxylic acids is 1. The number of amides is 1. The van der Waals surface area contributed by atoms with Crippen molar-refractivity contribution < 1.29 is 9.18 Å². The predicted octanol–water partition coefficient (Wildman–Crippen LogP) is 5.26. The number of anilines is 2. The predicted molar refractivity (Wildman–Crippen MR) is 119 cm³/mol. The Hall–Kier alpha value is -4.06. The molecule has 154 valence electrons. The highest BCUT2D eigenvalue weighted by molar-refractivity contribution is 5.94. The van der Waals surface area contributed by atoms with Crippen LogP contribution in [0.15, 0.2) is 85.2 Å². The van der Waals surface area contributed by atoms with Crippen LogP contribution in [0.2, 0.25) is 0 Å². The number of halogens is 1. The molecule has 0 aliphatic rings. The number of carbonyl (C=O) groups is 1. The Balaban J connectivity index is 1.40. The largest absolute Gasteiger partial charge is 0.348 e. The van der Waals surface area contributed by atoms with Gasteiger partial charge in [-0.3, -0.25) is 4.79 Å². The van der Waals surface area contributed by atoms with Crippen molar-refractivity contribution in [1.82, 2.24) is 15.3 Å². The second-order valence-corrected chi connectivity index (χ2v) is 7.17. The first-order valence-electron chi connectivity index (χ1n) is 9.86. The lowest BCUT2D eigenvalue weighted by molar-refractivity contribution is 0.0951. The van der Waals surface area contributed by atoms with Crippen molar-refractivity contribution in [3.8, 4) is 11.3 Å². The summed E-state index contributed by atoms with van der Waals surface area (Å²) in [5, 5.41) is 6.07. The highest BCUT2D eigenvalue weighted by Crippen LogP contribution is 2.22. The molecule has 1 heterocycles. The Labute approximate surface area is 180 Å². The zero-order valence-corrected chi connectivity index (χ0v) is 17.0. The van der Waals surface area contributed by atoms with Gasteiger partial charge in [-0.1, -0.05) is 35.9 Å². The lowest BCUT2D eigenvalue weighted by atomic mass is 10.1. The van der Waals surface area contributed by atoms with E-state index in [0.717, 1.165) is 22.5 Å². The van der Waals surface area contributed by atoms with Crippen molar-refractivity contribution in [3.63, 3.8) is 0 Å². The van der Waals surface area contributed by atoms with Gasteiger partial charge in [-0.2, -0.15) is 0 Å². The number of aromatic nitrogens is 2. The second kappa shape index (κ2) is 9.17. The SMILES string of the molecule is Cc1cccc(-c2cc(Nc3ccc(C(=O)NCc4ccc(F)cc4)cc3)ncn2)c1. The Morgan fingerprint density at radius 3 is 2.45 bits per heavy atom. The fourth-order valence-corrected chi connectivity index (χ4v) is 3.13. The molecule has 0 unspecified atom stereocenters. The van der Waals surface area contributed by atoms with E-state index in [1.807, 2.05) is 43.3 Å². The van der Waals surface area contributed by atoms with Crippen LogP contribution in [0, 0.1) is 12.7 Å². The first-order valence-corrected chi connectivity index (χ1v) is 9.86. The summed E-state index contributed by atoms with van der Waals surface area (Å²) < 4.78 is 13.0. The van der Waals surface area contributed by atoms with Crippen molar-refractivity contribution in [2.24, 2.45) is 0 Å². The molecule has 0 saturated heterocycles. The maximum Gasteiger partial charge on any atom is 0.251 e. The van der Waals surface area contributed by atoms with Crippen LogP contribution in [0.3, 0.4) is 0 Å². The summed E-state index contributed by atoms with van der Waals surface area (Å²) >= 11 is 0. The standard InChI is InChI=1S/C25H21FN4O/c1-17-3-2-4-20(13-17)23-14-24(29-16-28-23)30-22-11-7-19(8-12-22)25(31)27-15-18-5-9-21(26)10-6-18/h2-14,16H,15H2,1H3,(H,27,31)(H,28,29,30). The molecule has 31 heavy (non-hydrogen) atoms. The Bertz CT molecular complexity index is 1190. The molecule has 0 fully saturated rings. The Kier molecular flexibility index (Phi) is 5.98. The molecule has 1 amide bonds. The highest BCUT2D eigenvalue weighted by Gasteiger charge is 2.07. The second-order valence-electron chi connectivity index (χ2n) is 7.17. The van der Waals surface area contributed by atoms with Crippen molar-refractivity contribution in [1.29, 1.82) is 0 Å². The summed E-state index contributed by atoms with van der Waals surface area (Å²) in [7, 11) is 0. The van der Waals surface area contributed by atoms with Gasteiger partial charge in [0, 0.05) is 29.4 Å². The maximum atomic E-state index is 13.0. The molecule has 0 aliphatic heterocycles. The quantitative estimate of drug-likeness (QED) is 0.453. The average molecular weight is 412 g/mol. The first kappa shape index (κ1) is 20.2. The van der Waals surface area contributed by atoms with Gasteiger partial charge in [0.2, 0.25) is 0 Å². The number of rotatable bonds is 6. The third-order valence-corrected chi connectivity index (χ3v) is 4.77. The minimum Gasteiger partial charge on any atom is -0.348 e. The summed E-state index contributed by atoms with van der Waals surface area (Å²) in [4.78, 5) is 21.0. The molecule has 3 aromatic carbocycles. The minimum absolute atomic E-state index is 0.195. The van der Waals surface area contributed by atoms with E-state index in [1.165, 1.54) is 24.0 Å². The van der Waals surface area contributed by atoms with Crippen LogP contribution in [-0.2, 0) is 6.54 Å². The van der Waals surface area contributed by atoms with E-state index < -0.39 is 0 Å². The molecular weight excluding hydrogens is 391 g/mol. The third kappa shape index (κ3) is 5.30. The molecule has 2 N–H and O–H groups in total. The zero-order chi connectivity index (χ0) is 21.6. The molecule has 0 saturated carbocycles. The normalized spacial score (nSPS) is 10.5. The van der Waals surface area contributed by atoms with Crippen LogP contribution in [-0.4, -0.2) is 15.9 Å². The van der Waals surface area contributed by atoms with Crippen molar-refractivity contribution >= 4 is 17.4 Å². The van der Waals surface area contributed by atoms with E-state index in [-0.39, 0.29) is 11.7 Å². The van der Waals surface area contributed by atoms with Crippen LogP contribution in [0.25, 0.3) is 11.3 Å². The van der Waals surface area contributed by atoms with Gasteiger partial charge >= 0.3 is 0 Å². The number of nitrogens with one attached hydrogen (secondary N) is 2. The highest BCUT2D eigenvalue weighted by atomic mass is 19.1. The summed E-state index contributed by atoms with van der Waals surface area (Å²) in [6.45, 7) is 2.38. The topological polar surface area (TPSA) is 66.9 Å². The number of nitrogens with zero attached hydrogens (tertiary/aromatic N) is 2. The molecule has 0 spiro atoms. The van der Waals surface area contributed by atoms with E-state index in [9.17, 15) is 9.18 Å². The Morgan fingerprint density at radius 2 is 1.71 bits per heavy atom. The van der Waals surface area contributed by atoms with Gasteiger partial charge in [0.15, 0.2) is 0 Å². The number of benzene rings is 3. The molecule has 0 bridgehead atoms. The smallest absolute Gasteiger partial charge is 0.251 e. The molecule has 0 aliphatic carbocycles. The molecule has 5 nitrogen and oxygen atoms in total. The molecular formula is C25H21FN4O. The Morgan fingerprint density at radius 1 is 0.935 bits per heavy atom. The van der Waals surface area contributed by atoms with Crippen LogP contribution in [0.1, 0.15) is 21.5 Å². The molecule has 1 aromatic heterocycles. The van der Waals surface area contributed by atoms with Gasteiger partial charge in [0.05, 0.1) is 5.69 Å². The lowest BCUT2D eigenvalue weighted by Gasteiger charge is -2.09. The van der Waals surface area contributed by atoms with E-state index >= 15 is 0 Å². The average Bonchev–Trinajstić information content (AvgIpc) is 2.79. The fraction of sp³-hybridized carbons (Fsp3) is 0.0800. The third-order valence-electron chi connectivity index (χ3n) is 4.77. The summed E-state index contributed by atoms with van der Waals surface area (Å²) in [5.74, 6) is 0.174. The van der Waals surface area contributed by atoms with Crippen molar-refractivity contribution in [2.75, 3.05) is 5.32 Å². The summed E-state index contributed by atoms with van der Waals surface area (Å²) in [6, 6.07) is 23.2. The van der Waals surface area contributed by atoms with Gasteiger partial charge in [-0.25, -0.2) is 14.4 Å². The number of aryl methyl sites for hydroxylation is 1. The molecule has 4 rings (SSSR count). The van der Waals surface area contributed by atoms with Crippen LogP contribution in [0.4, 0.5) is 15.9 Å². The van der Waals surface area contributed by atoms with Crippen molar-refractivity contribution in [3.05, 3.63) is 108 Å². The van der Waals surface area contributed by atoms with E-state index in [2.05, 4.69) is 26.7 Å². The van der Waals surface area contributed by atoms with E-state index in [0.29, 0.717) is 17.9 Å². The van der Waals surface area contributed by atoms with Crippen LogP contribution < -0.4 is 10.6 Å². The lowest BCUT2D eigenvalue weighted by Crippen LogP contribution is -2.22. The molecule has 0 radical (unpaired) electrons. The molecule has 4 aromatic rings. The van der Waals surface area contributed by atoms with Gasteiger partial charge in [-0.15, -0.1) is 0 Å². The monoisotopic (exact) mass is 412 g/mol. The van der Waals surface area contributed by atoms with Crippen LogP contribution >= 0.6 is 0 Å². The summed E-state index contributed by atoms with van der Waals surface area (Å²) in [6.07, 6.45) is 1.53. The van der Waals surface area contributed by atoms with E-state index in [1.54, 1.807) is 24.3 Å². The minimum atomic E-state index is -0.298. The van der Waals surface area contributed by atoms with Gasteiger partial charge in [-0.05, 0) is 55.0 Å². The number of hydrogen-bond acceptors (Lipinski definition) is 4. The zero-order valence-electron chi connectivity index (χ0n) is 17.0. The van der Waals surface area contributed by atoms with Gasteiger partial charge < -0.3 is 10.6 Å². The molecule has 6 heteroatoms. The van der Waals surface area contributed by atoms with Crippen molar-refractivity contribution in [2.45, 2.75) is 13.5 Å². The fourth-order valence-electron chi connectivity index (χ4n) is 3.13. The summed E-state index contributed by atoms with van der Waals surface area (Å²) in [5.41, 5.74) is 5.21. The van der Waals surface area contributed by atoms with Gasteiger partial charge in [0.25, 0.3) is 5.91 Å². The number of hydrogen-bond donors (Lipinski definition) is 2.